The van der Waals surface area contributed by atoms with Crippen LogP contribution in [0.3, 0.4) is 0 Å². The highest BCUT2D eigenvalue weighted by Gasteiger charge is 2.07. The number of carbonyl (C=O) groups is 1. The summed E-state index contributed by atoms with van der Waals surface area (Å²) in [6.07, 6.45) is 1.68. The highest BCUT2D eigenvalue weighted by Crippen LogP contribution is 2.14. The average molecular weight is 251 g/mol. The molecule has 1 aromatic rings. The van der Waals surface area contributed by atoms with Crippen molar-refractivity contribution >= 4 is 5.91 Å². The summed E-state index contributed by atoms with van der Waals surface area (Å²) < 4.78 is 0. The summed E-state index contributed by atoms with van der Waals surface area (Å²) in [6, 6.07) is 7.82. The third-order valence-corrected chi connectivity index (χ3v) is 2.94. The Kier molecular flexibility index (Phi) is 5.82. The Balaban J connectivity index is 2.38. The van der Waals surface area contributed by atoms with Gasteiger partial charge in [0.2, 0.25) is 5.91 Å². The summed E-state index contributed by atoms with van der Waals surface area (Å²) >= 11 is 0. The molecule has 0 fully saturated rings. The smallest absolute Gasteiger partial charge is 0.245 e. The Morgan fingerprint density at radius 2 is 2.00 bits per heavy atom. The van der Waals surface area contributed by atoms with Crippen molar-refractivity contribution in [3.8, 4) is 0 Å². The molecule has 1 amide bonds. The third-order valence-electron chi connectivity index (χ3n) is 2.94. The maximum absolute atomic E-state index is 11.5. The Morgan fingerprint density at radius 1 is 1.39 bits per heavy atom. The van der Waals surface area contributed by atoms with Gasteiger partial charge in [-0.05, 0) is 30.9 Å². The first kappa shape index (κ1) is 14.7. The highest BCUT2D eigenvalue weighted by atomic mass is 16.7. The molecular weight excluding hydrogens is 230 g/mol. The number of nitrogens with zero attached hydrogens (tertiary/aromatic N) is 1. The highest BCUT2D eigenvalue weighted by molar-refractivity contribution is 5.74. The SMILES string of the molecule is CON(C)C(=O)CCCc1ccc(C(C)O)cc1. The van der Waals surface area contributed by atoms with Crippen molar-refractivity contribution in [3.05, 3.63) is 35.4 Å². The Hall–Kier alpha value is -1.39. The Morgan fingerprint density at radius 3 is 2.50 bits per heavy atom. The van der Waals surface area contributed by atoms with E-state index in [9.17, 15) is 9.90 Å². The topological polar surface area (TPSA) is 49.8 Å². The number of amides is 1. The minimum Gasteiger partial charge on any atom is -0.389 e. The lowest BCUT2D eigenvalue weighted by molar-refractivity contribution is -0.168. The Bertz CT molecular complexity index is 373. The molecule has 1 N–H and O–H groups in total. The number of hydrogen-bond donors (Lipinski definition) is 1. The van der Waals surface area contributed by atoms with Crippen LogP contribution in [0.15, 0.2) is 24.3 Å². The minimum absolute atomic E-state index is 0.0156. The predicted octanol–water partition coefficient (Wildman–Crippen LogP) is 2.08. The van der Waals surface area contributed by atoms with Crippen LogP contribution in [0.1, 0.15) is 37.0 Å². The van der Waals surface area contributed by atoms with Crippen molar-refractivity contribution in [2.45, 2.75) is 32.3 Å². The van der Waals surface area contributed by atoms with Crippen molar-refractivity contribution in [1.82, 2.24) is 5.06 Å². The number of benzene rings is 1. The summed E-state index contributed by atoms with van der Waals surface area (Å²) in [7, 11) is 3.09. The molecule has 0 bridgehead atoms. The lowest BCUT2D eigenvalue weighted by atomic mass is 10.0. The fourth-order valence-electron chi connectivity index (χ4n) is 1.67. The molecule has 18 heavy (non-hydrogen) atoms. The van der Waals surface area contributed by atoms with E-state index in [1.807, 2.05) is 24.3 Å². The van der Waals surface area contributed by atoms with Crippen LogP contribution < -0.4 is 0 Å². The standard InChI is InChI=1S/C14H21NO3/c1-11(16)13-9-7-12(8-10-13)5-4-6-14(17)15(2)18-3/h7-11,16H,4-6H2,1-3H3. The van der Waals surface area contributed by atoms with Crippen LogP contribution in [0, 0.1) is 0 Å². The van der Waals surface area contributed by atoms with Crippen molar-refractivity contribution in [3.63, 3.8) is 0 Å². The first-order valence-corrected chi connectivity index (χ1v) is 6.12. The van der Waals surface area contributed by atoms with Gasteiger partial charge in [0.1, 0.15) is 0 Å². The molecular formula is C14H21NO3. The number of carbonyl (C=O) groups excluding carboxylic acids is 1. The van der Waals surface area contributed by atoms with E-state index >= 15 is 0 Å². The second kappa shape index (κ2) is 7.13. The van der Waals surface area contributed by atoms with Gasteiger partial charge in [-0.3, -0.25) is 9.63 Å². The molecule has 1 atom stereocenters. The molecule has 4 nitrogen and oxygen atoms in total. The van der Waals surface area contributed by atoms with Crippen molar-refractivity contribution in [2.75, 3.05) is 14.2 Å². The minimum atomic E-state index is -0.434. The van der Waals surface area contributed by atoms with Gasteiger partial charge in [-0.25, -0.2) is 5.06 Å². The van der Waals surface area contributed by atoms with E-state index in [1.165, 1.54) is 17.7 Å². The van der Waals surface area contributed by atoms with Crippen LogP contribution >= 0.6 is 0 Å². The molecule has 1 rings (SSSR count). The number of hydroxylamine groups is 2. The molecule has 4 heteroatoms. The Labute approximate surface area is 108 Å². The average Bonchev–Trinajstić information content (AvgIpc) is 2.38. The summed E-state index contributed by atoms with van der Waals surface area (Å²) in [5.41, 5.74) is 2.08. The molecule has 0 spiro atoms. The van der Waals surface area contributed by atoms with E-state index < -0.39 is 6.10 Å². The predicted molar refractivity (Wildman–Crippen MR) is 69.8 cm³/mol. The van der Waals surface area contributed by atoms with E-state index in [-0.39, 0.29) is 5.91 Å². The lowest BCUT2D eigenvalue weighted by Gasteiger charge is -2.13. The second-order valence-electron chi connectivity index (χ2n) is 4.34. The normalized spacial score (nSPS) is 12.2. The van der Waals surface area contributed by atoms with E-state index in [0.29, 0.717) is 6.42 Å². The van der Waals surface area contributed by atoms with Crippen LogP contribution in [0.5, 0.6) is 0 Å². The number of aryl methyl sites for hydroxylation is 1. The molecule has 1 unspecified atom stereocenters. The maximum Gasteiger partial charge on any atom is 0.245 e. The lowest BCUT2D eigenvalue weighted by Crippen LogP contribution is -2.25. The molecule has 0 heterocycles. The molecule has 0 aliphatic carbocycles. The zero-order valence-electron chi connectivity index (χ0n) is 11.2. The molecule has 0 saturated heterocycles. The number of rotatable bonds is 6. The summed E-state index contributed by atoms with van der Waals surface area (Å²) in [6.45, 7) is 1.74. The summed E-state index contributed by atoms with van der Waals surface area (Å²) in [5, 5.41) is 10.6. The quantitative estimate of drug-likeness (QED) is 0.787. The third kappa shape index (κ3) is 4.47. The van der Waals surface area contributed by atoms with Crippen LogP contribution in [0.25, 0.3) is 0 Å². The van der Waals surface area contributed by atoms with Gasteiger partial charge in [0.25, 0.3) is 0 Å². The zero-order chi connectivity index (χ0) is 13.5. The number of hydrogen-bond acceptors (Lipinski definition) is 3. The molecule has 100 valence electrons. The first-order valence-electron chi connectivity index (χ1n) is 6.12. The van der Waals surface area contributed by atoms with E-state index in [1.54, 1.807) is 14.0 Å². The van der Waals surface area contributed by atoms with Crippen LogP contribution in [0.4, 0.5) is 0 Å². The summed E-state index contributed by atoms with van der Waals surface area (Å²) in [5.74, 6) is -0.0156. The van der Waals surface area contributed by atoms with Gasteiger partial charge in [-0.15, -0.1) is 0 Å². The fourth-order valence-corrected chi connectivity index (χ4v) is 1.67. The molecule has 0 aromatic heterocycles. The van der Waals surface area contributed by atoms with Crippen molar-refractivity contribution in [2.24, 2.45) is 0 Å². The molecule has 0 aliphatic rings. The second-order valence-corrected chi connectivity index (χ2v) is 4.34. The van der Waals surface area contributed by atoms with E-state index in [0.717, 1.165) is 18.4 Å². The zero-order valence-corrected chi connectivity index (χ0v) is 11.2. The van der Waals surface area contributed by atoms with Gasteiger partial charge in [-0.2, -0.15) is 0 Å². The molecule has 0 saturated carbocycles. The van der Waals surface area contributed by atoms with Gasteiger partial charge in [0, 0.05) is 13.5 Å². The van der Waals surface area contributed by atoms with Crippen LogP contribution in [-0.2, 0) is 16.1 Å². The van der Waals surface area contributed by atoms with Gasteiger partial charge >= 0.3 is 0 Å². The van der Waals surface area contributed by atoms with Gasteiger partial charge in [-0.1, -0.05) is 24.3 Å². The molecule has 0 radical (unpaired) electrons. The van der Waals surface area contributed by atoms with Crippen molar-refractivity contribution in [1.29, 1.82) is 0 Å². The summed E-state index contributed by atoms with van der Waals surface area (Å²) in [4.78, 5) is 16.3. The van der Waals surface area contributed by atoms with Crippen molar-refractivity contribution < 1.29 is 14.7 Å². The number of aliphatic hydroxyl groups excluding tert-OH is 1. The van der Waals surface area contributed by atoms with Crippen LogP contribution in [0.2, 0.25) is 0 Å². The molecule has 0 aliphatic heterocycles. The van der Waals surface area contributed by atoms with E-state index in [4.69, 9.17) is 4.84 Å². The van der Waals surface area contributed by atoms with Gasteiger partial charge < -0.3 is 5.11 Å². The molecule has 1 aromatic carbocycles. The largest absolute Gasteiger partial charge is 0.389 e. The van der Waals surface area contributed by atoms with Gasteiger partial charge in [0.05, 0.1) is 13.2 Å². The van der Waals surface area contributed by atoms with Gasteiger partial charge in [0.15, 0.2) is 0 Å². The number of aliphatic hydroxyl groups is 1. The van der Waals surface area contributed by atoms with Crippen LogP contribution in [-0.4, -0.2) is 30.2 Å². The maximum atomic E-state index is 11.5. The fraction of sp³-hybridized carbons (Fsp3) is 0.500. The monoisotopic (exact) mass is 251 g/mol. The first-order chi connectivity index (χ1) is 8.54. The van der Waals surface area contributed by atoms with E-state index in [2.05, 4.69) is 0 Å².